The van der Waals surface area contributed by atoms with E-state index in [4.69, 9.17) is 9.47 Å². The first-order valence-electron chi connectivity index (χ1n) is 9.24. The average Bonchev–Trinajstić information content (AvgIpc) is 2.69. The van der Waals surface area contributed by atoms with Crippen molar-refractivity contribution < 1.29 is 31.8 Å². The molecule has 152 valence electrons. The van der Waals surface area contributed by atoms with Crippen molar-refractivity contribution in [1.82, 2.24) is 0 Å². The molecule has 0 bridgehead atoms. The van der Waals surface area contributed by atoms with E-state index in [9.17, 15) is 17.6 Å². The van der Waals surface area contributed by atoms with Crippen molar-refractivity contribution in [1.29, 1.82) is 0 Å². The fourth-order valence-corrected chi connectivity index (χ4v) is 3.22. The second-order valence-electron chi connectivity index (χ2n) is 6.77. The van der Waals surface area contributed by atoms with E-state index in [2.05, 4.69) is 11.7 Å². The van der Waals surface area contributed by atoms with Gasteiger partial charge in [0.25, 0.3) is 0 Å². The highest BCUT2D eigenvalue weighted by atomic mass is 19.1. The first-order valence-corrected chi connectivity index (χ1v) is 9.24. The van der Waals surface area contributed by atoms with Crippen molar-refractivity contribution >= 4 is 0 Å². The van der Waals surface area contributed by atoms with Crippen LogP contribution in [0.25, 0.3) is 11.1 Å². The molecule has 7 heteroatoms. The lowest BCUT2D eigenvalue weighted by Crippen LogP contribution is -2.27. The van der Waals surface area contributed by atoms with Gasteiger partial charge in [-0.3, -0.25) is 0 Å². The molecule has 0 spiro atoms. The number of ether oxygens (including phenoxy) is 3. The van der Waals surface area contributed by atoms with E-state index in [0.717, 1.165) is 31.4 Å². The highest BCUT2D eigenvalue weighted by molar-refractivity contribution is 5.66. The summed E-state index contributed by atoms with van der Waals surface area (Å²) in [5, 5.41) is 0. The lowest BCUT2D eigenvalue weighted by Gasteiger charge is -2.29. The van der Waals surface area contributed by atoms with E-state index < -0.39 is 36.4 Å². The lowest BCUT2D eigenvalue weighted by molar-refractivity contribution is -0.206. The third-order valence-electron chi connectivity index (χ3n) is 4.71. The lowest BCUT2D eigenvalue weighted by atomic mass is 10.0. The first-order chi connectivity index (χ1) is 13.5. The number of alkyl halides is 1. The highest BCUT2D eigenvalue weighted by Gasteiger charge is 2.24. The molecule has 0 aliphatic carbocycles. The van der Waals surface area contributed by atoms with Crippen molar-refractivity contribution in [3.05, 3.63) is 53.3 Å². The normalized spacial score (nSPS) is 19.6. The van der Waals surface area contributed by atoms with Crippen LogP contribution in [0.2, 0.25) is 0 Å². The Labute approximate surface area is 161 Å². The Hall–Kier alpha value is -2.12. The molecule has 3 rings (SSSR count). The van der Waals surface area contributed by atoms with Crippen LogP contribution in [0, 0.1) is 23.4 Å². The monoisotopic (exact) mass is 398 g/mol. The van der Waals surface area contributed by atoms with Gasteiger partial charge in [-0.05, 0) is 30.2 Å². The van der Waals surface area contributed by atoms with Crippen LogP contribution < -0.4 is 4.74 Å². The van der Waals surface area contributed by atoms with Crippen LogP contribution in [-0.2, 0) is 9.47 Å². The summed E-state index contributed by atoms with van der Waals surface area (Å²) >= 11 is 0. The molecule has 28 heavy (non-hydrogen) atoms. The summed E-state index contributed by atoms with van der Waals surface area (Å²) in [7, 11) is 0. The van der Waals surface area contributed by atoms with Gasteiger partial charge in [0.15, 0.2) is 23.7 Å². The van der Waals surface area contributed by atoms with Crippen molar-refractivity contribution in [2.45, 2.75) is 32.5 Å². The number of halogens is 4. The third-order valence-corrected chi connectivity index (χ3v) is 4.71. The first kappa shape index (κ1) is 20.6. The highest BCUT2D eigenvalue weighted by Crippen LogP contribution is 2.33. The number of rotatable bonds is 7. The van der Waals surface area contributed by atoms with Crippen LogP contribution in [0.15, 0.2) is 30.3 Å². The SMILES string of the molecule is CCCCC1COC(c2ccc(-c3cc(F)c(OCF)c(F)c3)c(F)c2)OC1. The van der Waals surface area contributed by atoms with Gasteiger partial charge in [-0.15, -0.1) is 0 Å². The summed E-state index contributed by atoms with van der Waals surface area (Å²) in [4.78, 5) is 0. The van der Waals surface area contributed by atoms with Crippen LogP contribution in [0.1, 0.15) is 38.0 Å². The van der Waals surface area contributed by atoms with E-state index in [1.165, 1.54) is 12.1 Å². The maximum absolute atomic E-state index is 14.6. The quantitative estimate of drug-likeness (QED) is 0.541. The molecule has 3 nitrogen and oxygen atoms in total. The maximum Gasteiger partial charge on any atom is 0.228 e. The van der Waals surface area contributed by atoms with Crippen molar-refractivity contribution in [3.8, 4) is 16.9 Å². The molecule has 0 unspecified atom stereocenters. The Morgan fingerprint density at radius 3 is 2.25 bits per heavy atom. The molecule has 0 aromatic heterocycles. The van der Waals surface area contributed by atoms with Crippen molar-refractivity contribution in [2.24, 2.45) is 5.92 Å². The molecule has 1 aliphatic rings. The van der Waals surface area contributed by atoms with Gasteiger partial charge in [0.2, 0.25) is 6.86 Å². The number of benzene rings is 2. The zero-order chi connectivity index (χ0) is 20.1. The molecule has 0 amide bonds. The van der Waals surface area contributed by atoms with E-state index >= 15 is 0 Å². The summed E-state index contributed by atoms with van der Waals surface area (Å²) < 4.78 is 70.3. The topological polar surface area (TPSA) is 27.7 Å². The molecule has 0 saturated carbocycles. The van der Waals surface area contributed by atoms with Crippen LogP contribution in [0.4, 0.5) is 17.6 Å². The smallest absolute Gasteiger partial charge is 0.228 e. The minimum atomic E-state index is -1.36. The van der Waals surface area contributed by atoms with Gasteiger partial charge in [0.05, 0.1) is 13.2 Å². The minimum absolute atomic E-state index is 0.00461. The zero-order valence-electron chi connectivity index (χ0n) is 15.5. The van der Waals surface area contributed by atoms with E-state index in [1.54, 1.807) is 6.07 Å². The zero-order valence-corrected chi connectivity index (χ0v) is 15.5. The van der Waals surface area contributed by atoms with E-state index in [1.807, 2.05) is 0 Å². The van der Waals surface area contributed by atoms with Gasteiger partial charge in [-0.1, -0.05) is 31.9 Å². The molecule has 1 aliphatic heterocycles. The summed E-state index contributed by atoms with van der Waals surface area (Å²) in [5.74, 6) is -3.38. The molecule has 2 aromatic carbocycles. The van der Waals surface area contributed by atoms with Crippen molar-refractivity contribution in [3.63, 3.8) is 0 Å². The molecule has 0 N–H and O–H groups in total. The molecule has 0 atom stereocenters. The molecule has 1 fully saturated rings. The third kappa shape index (κ3) is 4.64. The molecule has 1 saturated heterocycles. The molecular weight excluding hydrogens is 376 g/mol. The Balaban J connectivity index is 1.75. The number of hydrogen-bond donors (Lipinski definition) is 0. The number of hydrogen-bond acceptors (Lipinski definition) is 3. The Kier molecular flexibility index (Phi) is 6.91. The summed E-state index contributed by atoms with van der Waals surface area (Å²) in [5.41, 5.74) is 0.480. The second-order valence-corrected chi connectivity index (χ2v) is 6.77. The average molecular weight is 398 g/mol. The van der Waals surface area contributed by atoms with Crippen LogP contribution >= 0.6 is 0 Å². The fourth-order valence-electron chi connectivity index (χ4n) is 3.22. The van der Waals surface area contributed by atoms with Gasteiger partial charge in [0.1, 0.15) is 5.82 Å². The van der Waals surface area contributed by atoms with Gasteiger partial charge in [-0.2, -0.15) is 0 Å². The largest absolute Gasteiger partial charge is 0.457 e. The summed E-state index contributed by atoms with van der Waals surface area (Å²) in [6, 6.07) is 6.03. The molecular formula is C21H22F4O3. The van der Waals surface area contributed by atoms with Crippen LogP contribution in [-0.4, -0.2) is 20.1 Å². The Bertz CT molecular complexity index is 781. The molecule has 0 radical (unpaired) electrons. The Morgan fingerprint density at radius 1 is 1.00 bits per heavy atom. The van der Waals surface area contributed by atoms with Crippen LogP contribution in [0.5, 0.6) is 5.75 Å². The van der Waals surface area contributed by atoms with Gasteiger partial charge < -0.3 is 14.2 Å². The second kappa shape index (κ2) is 9.39. The van der Waals surface area contributed by atoms with Gasteiger partial charge in [0, 0.05) is 17.0 Å². The number of unbranched alkanes of at least 4 members (excludes halogenated alkanes) is 1. The fraction of sp³-hybridized carbons (Fsp3) is 0.429. The van der Waals surface area contributed by atoms with Gasteiger partial charge in [-0.25, -0.2) is 17.6 Å². The maximum atomic E-state index is 14.6. The predicted molar refractivity (Wildman–Crippen MR) is 96.0 cm³/mol. The predicted octanol–water partition coefficient (Wildman–Crippen LogP) is 5.93. The van der Waals surface area contributed by atoms with E-state index in [0.29, 0.717) is 24.7 Å². The minimum Gasteiger partial charge on any atom is -0.457 e. The van der Waals surface area contributed by atoms with Gasteiger partial charge >= 0.3 is 0 Å². The Morgan fingerprint density at radius 2 is 1.68 bits per heavy atom. The summed E-state index contributed by atoms with van der Waals surface area (Å²) in [6.07, 6.45) is 2.56. The summed E-state index contributed by atoms with van der Waals surface area (Å²) in [6.45, 7) is 1.84. The van der Waals surface area contributed by atoms with Crippen molar-refractivity contribution in [2.75, 3.05) is 20.1 Å². The van der Waals surface area contributed by atoms with Crippen LogP contribution in [0.3, 0.4) is 0 Å². The molecule has 2 aromatic rings. The standard InChI is InChI=1S/C21H22F4O3/c1-2-3-4-13-10-26-21(27-11-13)14-5-6-16(17(23)7-14)15-8-18(24)20(28-12-22)19(25)9-15/h5-9,13,21H,2-4,10-12H2,1H3. The molecule has 1 heterocycles. The van der Waals surface area contributed by atoms with E-state index in [-0.39, 0.29) is 11.1 Å².